The van der Waals surface area contributed by atoms with E-state index >= 15 is 0 Å². The van der Waals surface area contributed by atoms with Gasteiger partial charge in [-0.15, -0.1) is 0 Å². The van der Waals surface area contributed by atoms with Crippen LogP contribution in [0.2, 0.25) is 0 Å². The second-order valence-corrected chi connectivity index (χ2v) is 5.85. The number of pyridine rings is 1. The highest BCUT2D eigenvalue weighted by Gasteiger charge is 2.14. The standard InChI is InChI=1S/C15H25N3O2/c1-16(2)6-5-9-18-12-15(20)14(19)10-13(18)11-17-7-3-4-8-17/h10,12,20H,3-9,11H2,1-2H3. The molecule has 0 saturated carbocycles. The molecule has 2 heterocycles. The summed E-state index contributed by atoms with van der Waals surface area (Å²) < 4.78 is 2.03. The summed E-state index contributed by atoms with van der Waals surface area (Å²) in [7, 11) is 4.10. The molecular weight excluding hydrogens is 254 g/mol. The van der Waals surface area contributed by atoms with Crippen LogP contribution >= 0.6 is 0 Å². The van der Waals surface area contributed by atoms with Crippen LogP contribution in [0.3, 0.4) is 0 Å². The molecule has 5 heteroatoms. The summed E-state index contributed by atoms with van der Waals surface area (Å²) in [5, 5.41) is 9.64. The van der Waals surface area contributed by atoms with E-state index in [1.54, 1.807) is 12.3 Å². The Morgan fingerprint density at radius 2 is 2.00 bits per heavy atom. The predicted octanol–water partition coefficient (Wildman–Crippen LogP) is 1.10. The fraction of sp³-hybridized carbons (Fsp3) is 0.667. The van der Waals surface area contributed by atoms with Crippen molar-refractivity contribution in [3.63, 3.8) is 0 Å². The summed E-state index contributed by atoms with van der Waals surface area (Å²) in [5.41, 5.74) is 0.733. The van der Waals surface area contributed by atoms with Gasteiger partial charge in [0.25, 0.3) is 0 Å². The summed E-state index contributed by atoms with van der Waals surface area (Å²) in [4.78, 5) is 16.2. The second kappa shape index (κ2) is 6.90. The maximum atomic E-state index is 11.7. The van der Waals surface area contributed by atoms with E-state index in [1.165, 1.54) is 12.8 Å². The quantitative estimate of drug-likeness (QED) is 0.847. The molecule has 20 heavy (non-hydrogen) atoms. The van der Waals surface area contributed by atoms with Crippen LogP contribution in [0.25, 0.3) is 0 Å². The van der Waals surface area contributed by atoms with Crippen LogP contribution < -0.4 is 5.43 Å². The Balaban J connectivity index is 2.10. The van der Waals surface area contributed by atoms with Crippen LogP contribution in [0.1, 0.15) is 25.0 Å². The Bertz CT molecular complexity index is 490. The van der Waals surface area contributed by atoms with E-state index < -0.39 is 0 Å². The molecule has 1 saturated heterocycles. The molecule has 0 spiro atoms. The van der Waals surface area contributed by atoms with Crippen LogP contribution in [-0.2, 0) is 13.1 Å². The number of likely N-dealkylation sites (tertiary alicyclic amines) is 1. The zero-order valence-electron chi connectivity index (χ0n) is 12.5. The number of aromatic hydroxyl groups is 1. The van der Waals surface area contributed by atoms with E-state index in [2.05, 4.69) is 9.80 Å². The lowest BCUT2D eigenvalue weighted by molar-refractivity contribution is 0.315. The number of aryl methyl sites for hydroxylation is 1. The first-order chi connectivity index (χ1) is 9.56. The SMILES string of the molecule is CN(C)CCCn1cc(O)c(=O)cc1CN1CCCC1. The molecule has 0 aromatic carbocycles. The molecule has 0 amide bonds. The van der Waals surface area contributed by atoms with Gasteiger partial charge in [-0.25, -0.2) is 0 Å². The first kappa shape index (κ1) is 15.1. The van der Waals surface area contributed by atoms with E-state index in [0.29, 0.717) is 0 Å². The van der Waals surface area contributed by atoms with Gasteiger partial charge in [0.15, 0.2) is 5.75 Å². The largest absolute Gasteiger partial charge is 0.503 e. The van der Waals surface area contributed by atoms with Gasteiger partial charge < -0.3 is 14.6 Å². The molecule has 5 nitrogen and oxygen atoms in total. The van der Waals surface area contributed by atoms with Crippen LogP contribution in [0.5, 0.6) is 5.75 Å². The Morgan fingerprint density at radius 3 is 2.65 bits per heavy atom. The van der Waals surface area contributed by atoms with Crippen LogP contribution in [0.15, 0.2) is 17.1 Å². The van der Waals surface area contributed by atoms with Crippen molar-refractivity contribution in [1.29, 1.82) is 0 Å². The Labute approximate surface area is 120 Å². The third kappa shape index (κ3) is 4.08. The lowest BCUT2D eigenvalue weighted by atomic mass is 10.2. The molecule has 1 fully saturated rings. The Kier molecular flexibility index (Phi) is 5.20. The van der Waals surface area contributed by atoms with E-state index in [-0.39, 0.29) is 11.2 Å². The van der Waals surface area contributed by atoms with Crippen molar-refractivity contribution in [3.05, 3.63) is 28.2 Å². The van der Waals surface area contributed by atoms with Gasteiger partial charge in [-0.2, -0.15) is 0 Å². The van der Waals surface area contributed by atoms with Gasteiger partial charge in [0, 0.05) is 24.8 Å². The molecule has 0 aliphatic carbocycles. The van der Waals surface area contributed by atoms with Crippen LogP contribution in [0.4, 0.5) is 0 Å². The molecular formula is C15H25N3O2. The lowest BCUT2D eigenvalue weighted by Crippen LogP contribution is -2.24. The molecule has 112 valence electrons. The highest BCUT2D eigenvalue weighted by atomic mass is 16.3. The smallest absolute Gasteiger partial charge is 0.223 e. The first-order valence-corrected chi connectivity index (χ1v) is 7.35. The third-order valence-corrected chi connectivity index (χ3v) is 3.79. The molecule has 0 unspecified atom stereocenters. The van der Waals surface area contributed by atoms with E-state index in [4.69, 9.17) is 0 Å². The molecule has 1 aromatic heterocycles. The molecule has 0 bridgehead atoms. The average Bonchev–Trinajstić information content (AvgIpc) is 2.87. The van der Waals surface area contributed by atoms with E-state index in [0.717, 1.165) is 44.8 Å². The Morgan fingerprint density at radius 1 is 1.30 bits per heavy atom. The minimum atomic E-state index is -0.275. The Hall–Kier alpha value is -1.33. The number of aromatic nitrogens is 1. The summed E-state index contributed by atoms with van der Waals surface area (Å²) in [6, 6.07) is 1.59. The number of nitrogens with zero attached hydrogens (tertiary/aromatic N) is 3. The normalized spacial score (nSPS) is 16.1. The molecule has 2 rings (SSSR count). The number of rotatable bonds is 6. The van der Waals surface area contributed by atoms with Crippen molar-refractivity contribution in [1.82, 2.24) is 14.4 Å². The van der Waals surface area contributed by atoms with E-state index in [9.17, 15) is 9.90 Å². The third-order valence-electron chi connectivity index (χ3n) is 3.79. The minimum absolute atomic E-state index is 0.153. The van der Waals surface area contributed by atoms with Gasteiger partial charge in [-0.1, -0.05) is 0 Å². The van der Waals surface area contributed by atoms with Crippen molar-refractivity contribution in [2.24, 2.45) is 0 Å². The summed E-state index contributed by atoms with van der Waals surface area (Å²) in [6.45, 7) is 4.84. The van der Waals surface area contributed by atoms with Crippen molar-refractivity contribution >= 4 is 0 Å². The zero-order valence-corrected chi connectivity index (χ0v) is 12.5. The van der Waals surface area contributed by atoms with E-state index in [1.807, 2.05) is 18.7 Å². The maximum absolute atomic E-state index is 11.7. The number of hydrogen-bond donors (Lipinski definition) is 1. The molecule has 1 aliphatic heterocycles. The first-order valence-electron chi connectivity index (χ1n) is 7.35. The summed E-state index contributed by atoms with van der Waals surface area (Å²) in [5.74, 6) is -0.153. The fourth-order valence-corrected chi connectivity index (χ4v) is 2.67. The topological polar surface area (TPSA) is 48.7 Å². The van der Waals surface area contributed by atoms with Crippen LogP contribution in [-0.4, -0.2) is 53.2 Å². The van der Waals surface area contributed by atoms with Gasteiger partial charge in [-0.05, 0) is 53.0 Å². The summed E-state index contributed by atoms with van der Waals surface area (Å²) >= 11 is 0. The molecule has 0 radical (unpaired) electrons. The monoisotopic (exact) mass is 279 g/mol. The summed E-state index contributed by atoms with van der Waals surface area (Å²) in [6.07, 6.45) is 5.07. The van der Waals surface area contributed by atoms with Crippen molar-refractivity contribution in [3.8, 4) is 5.75 Å². The van der Waals surface area contributed by atoms with Gasteiger partial charge in [0.05, 0.1) is 6.20 Å². The number of hydrogen-bond acceptors (Lipinski definition) is 4. The van der Waals surface area contributed by atoms with Crippen molar-refractivity contribution < 1.29 is 5.11 Å². The zero-order chi connectivity index (χ0) is 14.5. The second-order valence-electron chi connectivity index (χ2n) is 5.85. The highest BCUT2D eigenvalue weighted by Crippen LogP contribution is 2.14. The molecule has 0 atom stereocenters. The fourth-order valence-electron chi connectivity index (χ4n) is 2.67. The van der Waals surface area contributed by atoms with Crippen molar-refractivity contribution in [2.45, 2.75) is 32.4 Å². The predicted molar refractivity (Wildman–Crippen MR) is 80.0 cm³/mol. The van der Waals surface area contributed by atoms with Gasteiger partial charge in [0.2, 0.25) is 5.43 Å². The lowest BCUT2D eigenvalue weighted by Gasteiger charge is -2.20. The average molecular weight is 279 g/mol. The van der Waals surface area contributed by atoms with Crippen molar-refractivity contribution in [2.75, 3.05) is 33.7 Å². The maximum Gasteiger partial charge on any atom is 0.223 e. The van der Waals surface area contributed by atoms with Crippen LogP contribution in [0, 0.1) is 0 Å². The molecule has 1 aromatic rings. The van der Waals surface area contributed by atoms with Gasteiger partial charge >= 0.3 is 0 Å². The van der Waals surface area contributed by atoms with Gasteiger partial charge in [-0.3, -0.25) is 9.69 Å². The minimum Gasteiger partial charge on any atom is -0.503 e. The van der Waals surface area contributed by atoms with Gasteiger partial charge in [0.1, 0.15) is 0 Å². The molecule has 1 N–H and O–H groups in total. The molecule has 1 aliphatic rings. The highest BCUT2D eigenvalue weighted by molar-refractivity contribution is 5.20.